The first-order chi connectivity index (χ1) is 10.2. The van der Waals surface area contributed by atoms with Crippen LogP contribution < -0.4 is 0 Å². The van der Waals surface area contributed by atoms with Gasteiger partial charge >= 0.3 is 5.97 Å². The van der Waals surface area contributed by atoms with Gasteiger partial charge in [-0.25, -0.2) is 0 Å². The van der Waals surface area contributed by atoms with E-state index in [1.54, 1.807) is 0 Å². The summed E-state index contributed by atoms with van der Waals surface area (Å²) in [5.41, 5.74) is 0.209. The van der Waals surface area contributed by atoms with Crippen molar-refractivity contribution in [3.05, 3.63) is 0 Å². The Hall–Kier alpha value is -0.610. The zero-order chi connectivity index (χ0) is 14.7. The zero-order valence-corrected chi connectivity index (χ0v) is 13.3. The Balaban J connectivity index is 1.49. The van der Waals surface area contributed by atoms with E-state index in [2.05, 4.69) is 4.90 Å². The molecule has 4 heteroatoms. The minimum atomic E-state index is -0.0456. The van der Waals surface area contributed by atoms with Crippen LogP contribution >= 0.6 is 0 Å². The minimum Gasteiger partial charge on any atom is -0.469 e. The molecule has 3 rings (SSSR count). The molecule has 120 valence electrons. The molecule has 3 aliphatic rings. The summed E-state index contributed by atoms with van der Waals surface area (Å²) in [7, 11) is 1.49. The van der Waals surface area contributed by atoms with Crippen molar-refractivity contribution in [2.45, 2.75) is 69.5 Å². The Morgan fingerprint density at radius 3 is 2.76 bits per heavy atom. The first-order valence-corrected chi connectivity index (χ1v) is 8.69. The van der Waals surface area contributed by atoms with Gasteiger partial charge in [-0.1, -0.05) is 19.3 Å². The largest absolute Gasteiger partial charge is 0.469 e. The number of likely N-dealkylation sites (tertiary alicyclic amines) is 1. The van der Waals surface area contributed by atoms with Gasteiger partial charge in [0.2, 0.25) is 0 Å². The van der Waals surface area contributed by atoms with E-state index >= 15 is 0 Å². The van der Waals surface area contributed by atoms with E-state index < -0.39 is 0 Å². The predicted octanol–water partition coefficient (Wildman–Crippen LogP) is 2.75. The number of ether oxygens (including phenoxy) is 2. The Morgan fingerprint density at radius 1 is 1.19 bits per heavy atom. The second-order valence-electron chi connectivity index (χ2n) is 7.14. The van der Waals surface area contributed by atoms with E-state index in [4.69, 9.17) is 9.47 Å². The van der Waals surface area contributed by atoms with Crippen LogP contribution in [0.5, 0.6) is 0 Å². The summed E-state index contributed by atoms with van der Waals surface area (Å²) in [4.78, 5) is 14.1. The Bertz CT molecular complexity index is 365. The van der Waals surface area contributed by atoms with Gasteiger partial charge in [0.05, 0.1) is 24.7 Å². The molecule has 0 aromatic heterocycles. The second-order valence-corrected chi connectivity index (χ2v) is 7.14. The molecule has 3 fully saturated rings. The number of nitrogens with zero attached hydrogens (tertiary/aromatic N) is 1. The topological polar surface area (TPSA) is 38.8 Å². The predicted molar refractivity (Wildman–Crippen MR) is 81.1 cm³/mol. The van der Waals surface area contributed by atoms with Gasteiger partial charge in [-0.2, -0.15) is 0 Å². The van der Waals surface area contributed by atoms with Crippen molar-refractivity contribution >= 4 is 5.97 Å². The van der Waals surface area contributed by atoms with Gasteiger partial charge < -0.3 is 9.47 Å². The maximum atomic E-state index is 11.7. The summed E-state index contributed by atoms with van der Waals surface area (Å²) in [6.45, 7) is 2.94. The number of hydrogen-bond acceptors (Lipinski definition) is 4. The standard InChI is InChI=1S/C17H29NO3/c1-20-16(19)14-6-5-11-18(12-14)13-15-7-10-17(21-15)8-3-2-4-9-17/h14-15H,2-13H2,1H3. The van der Waals surface area contributed by atoms with Crippen LogP contribution in [0.3, 0.4) is 0 Å². The molecule has 0 radical (unpaired) electrons. The molecule has 2 unspecified atom stereocenters. The second kappa shape index (κ2) is 6.66. The van der Waals surface area contributed by atoms with Crippen LogP contribution in [-0.2, 0) is 14.3 Å². The Morgan fingerprint density at radius 2 is 2.00 bits per heavy atom. The Kier molecular flexibility index (Phi) is 4.85. The number of piperidine rings is 1. The van der Waals surface area contributed by atoms with Gasteiger partial charge in [-0.3, -0.25) is 9.69 Å². The summed E-state index contributed by atoms with van der Waals surface area (Å²) in [6, 6.07) is 0. The maximum absolute atomic E-state index is 11.7. The van der Waals surface area contributed by atoms with Gasteiger partial charge in [0, 0.05) is 13.1 Å². The van der Waals surface area contributed by atoms with Crippen LogP contribution in [0.25, 0.3) is 0 Å². The summed E-state index contributed by atoms with van der Waals surface area (Å²) in [5.74, 6) is 0.0181. The van der Waals surface area contributed by atoms with Crippen LogP contribution in [0.2, 0.25) is 0 Å². The van der Waals surface area contributed by atoms with Crippen LogP contribution in [0.15, 0.2) is 0 Å². The van der Waals surface area contributed by atoms with Gasteiger partial charge in [0.1, 0.15) is 0 Å². The third-order valence-electron chi connectivity index (χ3n) is 5.61. The van der Waals surface area contributed by atoms with E-state index in [1.165, 1.54) is 52.1 Å². The highest BCUT2D eigenvalue weighted by Gasteiger charge is 2.41. The van der Waals surface area contributed by atoms with Crippen molar-refractivity contribution in [2.75, 3.05) is 26.7 Å². The summed E-state index contributed by atoms with van der Waals surface area (Å²) in [5, 5.41) is 0. The molecule has 1 spiro atoms. The van der Waals surface area contributed by atoms with Crippen LogP contribution in [-0.4, -0.2) is 49.3 Å². The fourth-order valence-electron chi connectivity index (χ4n) is 4.46. The van der Waals surface area contributed by atoms with Gasteiger partial charge in [0.25, 0.3) is 0 Å². The monoisotopic (exact) mass is 295 g/mol. The van der Waals surface area contributed by atoms with E-state index in [9.17, 15) is 4.79 Å². The highest BCUT2D eigenvalue weighted by molar-refractivity contribution is 5.72. The molecular weight excluding hydrogens is 266 g/mol. The summed E-state index contributed by atoms with van der Waals surface area (Å²) in [6.07, 6.45) is 11.4. The lowest BCUT2D eigenvalue weighted by molar-refractivity contribution is -0.147. The number of carbonyl (C=O) groups is 1. The van der Waals surface area contributed by atoms with Crippen molar-refractivity contribution in [1.29, 1.82) is 0 Å². The molecule has 2 heterocycles. The van der Waals surface area contributed by atoms with Crippen molar-refractivity contribution in [3.63, 3.8) is 0 Å². The molecular formula is C17H29NO3. The molecule has 21 heavy (non-hydrogen) atoms. The minimum absolute atomic E-state index is 0.0456. The van der Waals surface area contributed by atoms with E-state index in [0.29, 0.717) is 6.10 Å². The summed E-state index contributed by atoms with van der Waals surface area (Å²) >= 11 is 0. The van der Waals surface area contributed by atoms with Gasteiger partial charge in [0.15, 0.2) is 0 Å². The molecule has 0 aromatic rings. The van der Waals surface area contributed by atoms with E-state index in [1.807, 2.05) is 0 Å². The number of hydrogen-bond donors (Lipinski definition) is 0. The van der Waals surface area contributed by atoms with Crippen LogP contribution in [0.1, 0.15) is 57.8 Å². The molecule has 1 aliphatic carbocycles. The van der Waals surface area contributed by atoms with Crippen molar-refractivity contribution in [2.24, 2.45) is 5.92 Å². The molecule has 4 nitrogen and oxygen atoms in total. The van der Waals surface area contributed by atoms with Crippen LogP contribution in [0.4, 0.5) is 0 Å². The number of carbonyl (C=O) groups excluding carboxylic acids is 1. The highest BCUT2D eigenvalue weighted by Crippen LogP contribution is 2.42. The first-order valence-electron chi connectivity index (χ1n) is 8.69. The highest BCUT2D eigenvalue weighted by atomic mass is 16.5. The number of methoxy groups -OCH3 is 1. The lowest BCUT2D eigenvalue weighted by atomic mass is 9.83. The molecule has 2 saturated heterocycles. The molecule has 2 atom stereocenters. The maximum Gasteiger partial charge on any atom is 0.309 e. The first kappa shape index (κ1) is 15.3. The molecule has 2 aliphatic heterocycles. The lowest BCUT2D eigenvalue weighted by Crippen LogP contribution is -2.43. The van der Waals surface area contributed by atoms with Crippen molar-refractivity contribution in [1.82, 2.24) is 4.90 Å². The molecule has 0 aromatic carbocycles. The van der Waals surface area contributed by atoms with E-state index in [-0.39, 0.29) is 17.5 Å². The molecule has 1 saturated carbocycles. The third-order valence-corrected chi connectivity index (χ3v) is 5.61. The van der Waals surface area contributed by atoms with Crippen molar-refractivity contribution in [3.8, 4) is 0 Å². The lowest BCUT2D eigenvalue weighted by Gasteiger charge is -2.36. The number of esters is 1. The average Bonchev–Trinajstić information content (AvgIpc) is 2.89. The number of rotatable bonds is 3. The van der Waals surface area contributed by atoms with Crippen molar-refractivity contribution < 1.29 is 14.3 Å². The van der Waals surface area contributed by atoms with E-state index in [0.717, 1.165) is 32.5 Å². The molecule has 0 bridgehead atoms. The SMILES string of the molecule is COC(=O)C1CCCN(CC2CCC3(CCCCC3)O2)C1. The normalized spacial score (nSPS) is 33.2. The fraction of sp³-hybridized carbons (Fsp3) is 0.941. The quantitative estimate of drug-likeness (QED) is 0.751. The smallest absolute Gasteiger partial charge is 0.309 e. The van der Waals surface area contributed by atoms with Gasteiger partial charge in [-0.15, -0.1) is 0 Å². The summed E-state index contributed by atoms with van der Waals surface area (Å²) < 4.78 is 11.4. The average molecular weight is 295 g/mol. The fourth-order valence-corrected chi connectivity index (χ4v) is 4.46. The van der Waals surface area contributed by atoms with Crippen LogP contribution in [0, 0.1) is 5.92 Å². The third kappa shape index (κ3) is 3.59. The molecule has 0 amide bonds. The van der Waals surface area contributed by atoms with Gasteiger partial charge in [-0.05, 0) is 45.1 Å². The zero-order valence-electron chi connectivity index (χ0n) is 13.3. The molecule has 0 N–H and O–H groups in total. The Labute approximate surface area is 128 Å².